The highest BCUT2D eigenvalue weighted by atomic mass is 32.2. The Morgan fingerprint density at radius 3 is 2.41 bits per heavy atom. The minimum Gasteiger partial charge on any atom is -0.497 e. The number of amides is 1. The Bertz CT molecular complexity index is 730. The summed E-state index contributed by atoms with van der Waals surface area (Å²) >= 11 is 0. The molecule has 27 heavy (non-hydrogen) atoms. The van der Waals surface area contributed by atoms with Crippen molar-refractivity contribution in [3.8, 4) is 5.75 Å². The van der Waals surface area contributed by atoms with Crippen LogP contribution < -0.4 is 10.1 Å². The zero-order chi connectivity index (χ0) is 19.3. The number of hydrogen-bond donors (Lipinski definition) is 1. The molecule has 7 nitrogen and oxygen atoms in total. The number of rotatable bonds is 6. The number of ether oxygens (including phenoxy) is 1. The zero-order valence-electron chi connectivity index (χ0n) is 15.9. The van der Waals surface area contributed by atoms with Crippen molar-refractivity contribution in [1.82, 2.24) is 13.9 Å². The molecule has 0 radical (unpaired) electrons. The van der Waals surface area contributed by atoms with E-state index in [1.54, 1.807) is 11.4 Å². The van der Waals surface area contributed by atoms with Crippen LogP contribution in [0.3, 0.4) is 0 Å². The maximum Gasteiger partial charge on any atom is 0.281 e. The van der Waals surface area contributed by atoms with Crippen molar-refractivity contribution in [2.45, 2.75) is 38.6 Å². The minimum atomic E-state index is -3.45. The van der Waals surface area contributed by atoms with E-state index >= 15 is 0 Å². The smallest absolute Gasteiger partial charge is 0.281 e. The predicted molar refractivity (Wildman–Crippen MR) is 103 cm³/mol. The van der Waals surface area contributed by atoms with Crippen molar-refractivity contribution in [3.63, 3.8) is 0 Å². The van der Waals surface area contributed by atoms with Crippen LogP contribution in [0, 0.1) is 5.92 Å². The van der Waals surface area contributed by atoms with Crippen LogP contribution in [0.4, 0.5) is 0 Å². The zero-order valence-corrected chi connectivity index (χ0v) is 16.7. The molecular weight excluding hydrogens is 366 g/mol. The Balaban J connectivity index is 1.55. The number of carbonyl (C=O) groups is 1. The second-order valence-electron chi connectivity index (χ2n) is 7.23. The van der Waals surface area contributed by atoms with Gasteiger partial charge in [-0.1, -0.05) is 18.6 Å². The van der Waals surface area contributed by atoms with Gasteiger partial charge in [0.2, 0.25) is 5.91 Å². The predicted octanol–water partition coefficient (Wildman–Crippen LogP) is 1.75. The van der Waals surface area contributed by atoms with Crippen LogP contribution in [0.15, 0.2) is 24.3 Å². The van der Waals surface area contributed by atoms with Crippen molar-refractivity contribution in [2.24, 2.45) is 5.92 Å². The minimum absolute atomic E-state index is 0.0793. The molecule has 0 aliphatic carbocycles. The number of benzene rings is 1. The molecule has 0 spiro atoms. The average Bonchev–Trinajstić information content (AvgIpc) is 2.73. The van der Waals surface area contributed by atoms with Gasteiger partial charge in [-0.05, 0) is 43.4 Å². The summed E-state index contributed by atoms with van der Waals surface area (Å²) in [6, 6.07) is 7.53. The number of methoxy groups -OCH3 is 1. The molecule has 8 heteroatoms. The van der Waals surface area contributed by atoms with E-state index in [-0.39, 0.29) is 18.4 Å². The highest BCUT2D eigenvalue weighted by Crippen LogP contribution is 2.23. The van der Waals surface area contributed by atoms with E-state index in [0.29, 0.717) is 32.6 Å². The fraction of sp³-hybridized carbons (Fsp3) is 0.632. The molecular formula is C19H29N3O4S. The lowest BCUT2D eigenvalue weighted by atomic mass is 9.99. The van der Waals surface area contributed by atoms with Crippen molar-refractivity contribution in [2.75, 3.05) is 33.3 Å². The van der Waals surface area contributed by atoms with E-state index in [4.69, 9.17) is 4.74 Å². The van der Waals surface area contributed by atoms with E-state index < -0.39 is 10.2 Å². The fourth-order valence-corrected chi connectivity index (χ4v) is 5.48. The third-order valence-electron chi connectivity index (χ3n) is 5.35. The monoisotopic (exact) mass is 395 g/mol. The number of piperidine rings is 2. The first-order valence-corrected chi connectivity index (χ1v) is 11.1. The number of carbonyl (C=O) groups excluding carboxylic acids is 1. The Morgan fingerprint density at radius 2 is 1.74 bits per heavy atom. The largest absolute Gasteiger partial charge is 0.497 e. The lowest BCUT2D eigenvalue weighted by molar-refractivity contribution is -0.126. The Labute approximate surface area is 161 Å². The van der Waals surface area contributed by atoms with Gasteiger partial charge in [-0.15, -0.1) is 0 Å². The second kappa shape index (κ2) is 9.03. The molecule has 1 aromatic carbocycles. The molecule has 150 valence electrons. The van der Waals surface area contributed by atoms with Gasteiger partial charge in [-0.3, -0.25) is 4.79 Å². The third kappa shape index (κ3) is 5.00. The molecule has 0 saturated carbocycles. The van der Waals surface area contributed by atoms with Gasteiger partial charge in [0, 0.05) is 32.7 Å². The first-order valence-electron chi connectivity index (χ1n) is 9.66. The van der Waals surface area contributed by atoms with Crippen LogP contribution in [0.5, 0.6) is 5.75 Å². The van der Waals surface area contributed by atoms with Gasteiger partial charge in [-0.2, -0.15) is 17.0 Å². The van der Waals surface area contributed by atoms with Crippen LogP contribution >= 0.6 is 0 Å². The summed E-state index contributed by atoms with van der Waals surface area (Å²) in [5.74, 6) is 0.400. The van der Waals surface area contributed by atoms with Gasteiger partial charge in [0.1, 0.15) is 5.75 Å². The van der Waals surface area contributed by atoms with E-state index in [0.717, 1.165) is 37.0 Å². The van der Waals surface area contributed by atoms with Crippen molar-refractivity contribution in [1.29, 1.82) is 0 Å². The van der Waals surface area contributed by atoms with Gasteiger partial charge < -0.3 is 10.1 Å². The Hall–Kier alpha value is -1.64. The van der Waals surface area contributed by atoms with E-state index in [9.17, 15) is 13.2 Å². The number of nitrogens with zero attached hydrogens (tertiary/aromatic N) is 2. The third-order valence-corrected chi connectivity index (χ3v) is 7.35. The quantitative estimate of drug-likeness (QED) is 0.796. The molecule has 0 bridgehead atoms. The second-order valence-corrected chi connectivity index (χ2v) is 9.16. The number of nitrogens with one attached hydrogen (secondary N) is 1. The molecule has 2 fully saturated rings. The average molecular weight is 396 g/mol. The Kier molecular flexibility index (Phi) is 6.73. The summed E-state index contributed by atoms with van der Waals surface area (Å²) in [5, 5.41) is 2.94. The van der Waals surface area contributed by atoms with Crippen LogP contribution in [0.2, 0.25) is 0 Å². The van der Waals surface area contributed by atoms with Gasteiger partial charge in [-0.25, -0.2) is 0 Å². The van der Waals surface area contributed by atoms with E-state index in [2.05, 4.69) is 5.32 Å². The highest BCUT2D eigenvalue weighted by Gasteiger charge is 2.36. The summed E-state index contributed by atoms with van der Waals surface area (Å²) in [5.41, 5.74) is 0.984. The maximum atomic E-state index is 12.9. The summed E-state index contributed by atoms with van der Waals surface area (Å²) in [7, 11) is -1.84. The molecule has 1 aromatic rings. The molecule has 2 saturated heterocycles. The topological polar surface area (TPSA) is 79.0 Å². The first-order chi connectivity index (χ1) is 13.0. The molecule has 2 aliphatic rings. The van der Waals surface area contributed by atoms with Gasteiger partial charge in [0.05, 0.1) is 13.0 Å². The summed E-state index contributed by atoms with van der Waals surface area (Å²) in [4.78, 5) is 12.6. The molecule has 1 N–H and O–H groups in total. The molecule has 1 amide bonds. The summed E-state index contributed by atoms with van der Waals surface area (Å²) in [6.45, 7) is 2.38. The SMILES string of the molecule is COc1ccc(CNC(=O)[C@H]2CCCN(S(=O)(=O)N3CCCCC3)C2)cc1. The molecule has 0 unspecified atom stereocenters. The molecule has 2 heterocycles. The lowest BCUT2D eigenvalue weighted by Crippen LogP contribution is -2.51. The first kappa shape index (κ1) is 20.1. The molecule has 3 rings (SSSR count). The van der Waals surface area contributed by atoms with Gasteiger partial charge >= 0.3 is 0 Å². The molecule has 0 aromatic heterocycles. The lowest BCUT2D eigenvalue weighted by Gasteiger charge is -2.36. The molecule has 1 atom stereocenters. The van der Waals surface area contributed by atoms with Crippen LogP contribution in [-0.2, 0) is 21.5 Å². The van der Waals surface area contributed by atoms with Crippen LogP contribution in [0.1, 0.15) is 37.7 Å². The van der Waals surface area contributed by atoms with Gasteiger partial charge in [0.25, 0.3) is 10.2 Å². The van der Waals surface area contributed by atoms with Crippen molar-refractivity contribution >= 4 is 16.1 Å². The van der Waals surface area contributed by atoms with Crippen molar-refractivity contribution in [3.05, 3.63) is 29.8 Å². The number of hydrogen-bond acceptors (Lipinski definition) is 4. The normalized spacial score (nSPS) is 22.3. The standard InChI is InChI=1S/C19H29N3O4S/c1-26-18-9-7-16(8-10-18)14-20-19(23)17-6-5-13-22(15-17)27(24,25)21-11-3-2-4-12-21/h7-10,17H,2-6,11-15H2,1H3,(H,20,23)/t17-/m0/s1. The maximum absolute atomic E-state index is 12.9. The van der Waals surface area contributed by atoms with Crippen LogP contribution in [-0.4, -0.2) is 56.2 Å². The van der Waals surface area contributed by atoms with E-state index in [1.807, 2.05) is 24.3 Å². The summed E-state index contributed by atoms with van der Waals surface area (Å²) in [6.07, 6.45) is 4.36. The van der Waals surface area contributed by atoms with Gasteiger partial charge in [0.15, 0.2) is 0 Å². The summed E-state index contributed by atoms with van der Waals surface area (Å²) < 4.78 is 33.9. The van der Waals surface area contributed by atoms with E-state index in [1.165, 1.54) is 4.31 Å². The highest BCUT2D eigenvalue weighted by molar-refractivity contribution is 7.86. The van der Waals surface area contributed by atoms with Crippen LogP contribution in [0.25, 0.3) is 0 Å². The Morgan fingerprint density at radius 1 is 1.07 bits per heavy atom. The molecule has 2 aliphatic heterocycles. The van der Waals surface area contributed by atoms with Crippen molar-refractivity contribution < 1.29 is 17.9 Å². The fourth-order valence-electron chi connectivity index (χ4n) is 3.70.